The van der Waals surface area contributed by atoms with Crippen LogP contribution in [0, 0.1) is 0 Å². The SMILES string of the molecule is COc1ccc(OC)c(-c2csc(=NC(C)C)n2N=Cc2ccc(Br)cc2)c1. The summed E-state index contributed by atoms with van der Waals surface area (Å²) in [6.07, 6.45) is 1.83. The Bertz CT molecular complexity index is 1040. The molecule has 3 rings (SSSR count). The first-order chi connectivity index (χ1) is 13.5. The molecule has 0 unspecified atom stereocenters. The van der Waals surface area contributed by atoms with Crippen molar-refractivity contribution in [3.63, 3.8) is 0 Å². The van der Waals surface area contributed by atoms with Gasteiger partial charge in [-0.1, -0.05) is 28.1 Å². The molecule has 0 N–H and O–H groups in total. The summed E-state index contributed by atoms with van der Waals surface area (Å²) in [6.45, 7) is 4.10. The van der Waals surface area contributed by atoms with Crippen LogP contribution in [0.2, 0.25) is 0 Å². The van der Waals surface area contributed by atoms with E-state index in [1.54, 1.807) is 25.6 Å². The van der Waals surface area contributed by atoms with Gasteiger partial charge in [-0.05, 0) is 49.7 Å². The lowest BCUT2D eigenvalue weighted by Crippen LogP contribution is -2.14. The van der Waals surface area contributed by atoms with Gasteiger partial charge >= 0.3 is 0 Å². The molecule has 0 saturated carbocycles. The zero-order valence-corrected chi connectivity index (χ0v) is 18.6. The second-order valence-corrected chi connectivity index (χ2v) is 8.05. The normalized spacial score (nSPS) is 12.1. The third kappa shape index (κ3) is 4.72. The zero-order valence-electron chi connectivity index (χ0n) is 16.2. The van der Waals surface area contributed by atoms with Gasteiger partial charge in [0.1, 0.15) is 11.5 Å². The van der Waals surface area contributed by atoms with Gasteiger partial charge < -0.3 is 9.47 Å². The second-order valence-electron chi connectivity index (χ2n) is 6.30. The van der Waals surface area contributed by atoms with E-state index in [-0.39, 0.29) is 6.04 Å². The van der Waals surface area contributed by atoms with E-state index in [4.69, 9.17) is 19.6 Å². The van der Waals surface area contributed by atoms with Crippen LogP contribution in [0.25, 0.3) is 11.3 Å². The number of ether oxygens (including phenoxy) is 2. The first-order valence-corrected chi connectivity index (χ1v) is 10.5. The van der Waals surface area contributed by atoms with Crippen LogP contribution >= 0.6 is 27.3 Å². The average Bonchev–Trinajstić information content (AvgIpc) is 3.08. The fraction of sp³-hybridized carbons (Fsp3) is 0.238. The Balaban J connectivity index is 2.15. The monoisotopic (exact) mass is 459 g/mol. The fourth-order valence-corrected chi connectivity index (χ4v) is 3.82. The molecule has 0 fully saturated rings. The number of thiazole rings is 1. The quantitative estimate of drug-likeness (QED) is 0.476. The summed E-state index contributed by atoms with van der Waals surface area (Å²) in [5, 5.41) is 6.76. The Labute approximate surface area is 177 Å². The van der Waals surface area contributed by atoms with Crippen molar-refractivity contribution >= 4 is 33.5 Å². The molecule has 1 heterocycles. The molecule has 3 aromatic rings. The summed E-state index contributed by atoms with van der Waals surface area (Å²) in [6, 6.07) is 13.9. The molecule has 0 radical (unpaired) electrons. The van der Waals surface area contributed by atoms with Crippen LogP contribution in [0.5, 0.6) is 11.5 Å². The number of halogens is 1. The first kappa shape index (κ1) is 20.4. The molecule has 28 heavy (non-hydrogen) atoms. The van der Waals surface area contributed by atoms with Crippen molar-refractivity contribution in [1.29, 1.82) is 0 Å². The van der Waals surface area contributed by atoms with E-state index in [1.807, 2.05) is 72.6 Å². The third-order valence-corrected chi connectivity index (χ3v) is 5.29. The summed E-state index contributed by atoms with van der Waals surface area (Å²) in [5.41, 5.74) is 2.80. The van der Waals surface area contributed by atoms with Crippen LogP contribution in [0.3, 0.4) is 0 Å². The van der Waals surface area contributed by atoms with E-state index in [9.17, 15) is 0 Å². The summed E-state index contributed by atoms with van der Waals surface area (Å²) in [7, 11) is 3.31. The number of hydrogen-bond acceptors (Lipinski definition) is 5. The van der Waals surface area contributed by atoms with E-state index < -0.39 is 0 Å². The smallest absolute Gasteiger partial charge is 0.206 e. The molecule has 0 atom stereocenters. The van der Waals surface area contributed by atoms with Crippen molar-refractivity contribution in [3.05, 3.63) is 62.7 Å². The van der Waals surface area contributed by atoms with Gasteiger partial charge in [0.25, 0.3) is 0 Å². The summed E-state index contributed by atoms with van der Waals surface area (Å²) < 4.78 is 13.9. The maximum atomic E-state index is 5.57. The minimum atomic E-state index is 0.160. The van der Waals surface area contributed by atoms with Crippen LogP contribution < -0.4 is 14.3 Å². The molecule has 0 spiro atoms. The molecule has 7 heteroatoms. The summed E-state index contributed by atoms with van der Waals surface area (Å²) in [4.78, 5) is 5.54. The minimum absolute atomic E-state index is 0.160. The van der Waals surface area contributed by atoms with Gasteiger partial charge in [0.15, 0.2) is 0 Å². The van der Waals surface area contributed by atoms with Crippen LogP contribution in [0.15, 0.2) is 62.4 Å². The predicted octanol–water partition coefficient (Wildman–Crippen LogP) is 5.19. The van der Waals surface area contributed by atoms with Crippen molar-refractivity contribution in [2.45, 2.75) is 19.9 Å². The summed E-state index contributed by atoms with van der Waals surface area (Å²) >= 11 is 5.01. The fourth-order valence-electron chi connectivity index (χ4n) is 2.59. The van der Waals surface area contributed by atoms with E-state index in [1.165, 1.54) is 0 Å². The highest BCUT2D eigenvalue weighted by atomic mass is 79.9. The lowest BCUT2D eigenvalue weighted by atomic mass is 10.1. The highest BCUT2D eigenvalue weighted by Gasteiger charge is 2.14. The molecular formula is C21H22BrN3O2S. The van der Waals surface area contributed by atoms with Crippen LogP contribution in [0.4, 0.5) is 0 Å². The van der Waals surface area contributed by atoms with Gasteiger partial charge in [-0.2, -0.15) is 5.10 Å². The first-order valence-electron chi connectivity index (χ1n) is 8.78. The molecule has 2 aromatic carbocycles. The van der Waals surface area contributed by atoms with Gasteiger partial charge in [-0.3, -0.25) is 4.99 Å². The Morgan fingerprint density at radius 1 is 1.07 bits per heavy atom. The average molecular weight is 460 g/mol. The van der Waals surface area contributed by atoms with Crippen molar-refractivity contribution < 1.29 is 9.47 Å². The number of methoxy groups -OCH3 is 2. The molecule has 146 valence electrons. The molecule has 0 aliphatic rings. The number of nitrogens with zero attached hydrogens (tertiary/aromatic N) is 3. The van der Waals surface area contributed by atoms with E-state index >= 15 is 0 Å². The Hall–Kier alpha value is -2.38. The number of hydrogen-bond donors (Lipinski definition) is 0. The van der Waals surface area contributed by atoms with Gasteiger partial charge in [0.2, 0.25) is 4.80 Å². The third-order valence-electron chi connectivity index (χ3n) is 3.93. The molecule has 0 amide bonds. The number of aromatic nitrogens is 1. The molecule has 5 nitrogen and oxygen atoms in total. The van der Waals surface area contributed by atoms with E-state index in [0.29, 0.717) is 0 Å². The lowest BCUT2D eigenvalue weighted by molar-refractivity contribution is 0.404. The number of rotatable bonds is 6. The molecule has 0 bridgehead atoms. The van der Waals surface area contributed by atoms with Crippen LogP contribution in [-0.2, 0) is 0 Å². The zero-order chi connectivity index (χ0) is 20.1. The van der Waals surface area contributed by atoms with Crippen LogP contribution in [-0.4, -0.2) is 31.2 Å². The maximum Gasteiger partial charge on any atom is 0.206 e. The summed E-state index contributed by atoms with van der Waals surface area (Å²) in [5.74, 6) is 1.51. The Kier molecular flexibility index (Phi) is 6.70. The standard InChI is InChI=1S/C21H22BrN3O2S/c1-14(2)24-21-25(23-12-15-5-7-16(22)8-6-15)19(13-28-21)18-11-17(26-3)9-10-20(18)27-4/h5-14H,1-4H3. The van der Waals surface area contributed by atoms with E-state index in [2.05, 4.69) is 15.9 Å². The van der Waals surface area contributed by atoms with Gasteiger partial charge in [0, 0.05) is 21.5 Å². The Morgan fingerprint density at radius 2 is 1.82 bits per heavy atom. The van der Waals surface area contributed by atoms with Crippen molar-refractivity contribution in [2.75, 3.05) is 14.2 Å². The van der Waals surface area contributed by atoms with Gasteiger partial charge in [-0.15, -0.1) is 11.3 Å². The predicted molar refractivity (Wildman–Crippen MR) is 119 cm³/mol. The molecule has 0 aliphatic heterocycles. The minimum Gasteiger partial charge on any atom is -0.497 e. The molecular weight excluding hydrogens is 438 g/mol. The van der Waals surface area contributed by atoms with Crippen LogP contribution in [0.1, 0.15) is 19.4 Å². The van der Waals surface area contributed by atoms with Gasteiger partial charge in [0.05, 0.1) is 26.1 Å². The van der Waals surface area contributed by atoms with E-state index in [0.717, 1.165) is 37.6 Å². The van der Waals surface area contributed by atoms with Crippen molar-refractivity contribution in [2.24, 2.45) is 10.1 Å². The lowest BCUT2D eigenvalue weighted by Gasteiger charge is -2.11. The van der Waals surface area contributed by atoms with Crippen molar-refractivity contribution in [3.8, 4) is 22.8 Å². The van der Waals surface area contributed by atoms with Gasteiger partial charge in [-0.25, -0.2) is 4.68 Å². The Morgan fingerprint density at radius 3 is 2.46 bits per heavy atom. The molecule has 1 aromatic heterocycles. The topological polar surface area (TPSA) is 48.1 Å². The number of benzene rings is 2. The second kappa shape index (κ2) is 9.21. The van der Waals surface area contributed by atoms with Crippen molar-refractivity contribution in [1.82, 2.24) is 4.68 Å². The maximum absolute atomic E-state index is 5.57. The molecule has 0 saturated heterocycles. The largest absolute Gasteiger partial charge is 0.497 e. The highest BCUT2D eigenvalue weighted by molar-refractivity contribution is 9.10. The molecule has 0 aliphatic carbocycles. The highest BCUT2D eigenvalue weighted by Crippen LogP contribution is 2.33.